The fourth-order valence-electron chi connectivity index (χ4n) is 4.09. The van der Waals surface area contributed by atoms with Crippen molar-refractivity contribution in [1.29, 1.82) is 0 Å². The van der Waals surface area contributed by atoms with E-state index in [1.807, 2.05) is 0 Å². The van der Waals surface area contributed by atoms with Crippen LogP contribution in [0.25, 0.3) is 0 Å². The smallest absolute Gasteiger partial charge is 0.223 e. The lowest BCUT2D eigenvalue weighted by Gasteiger charge is -2.31. The molecular formula is C18H32N2O. The summed E-state index contributed by atoms with van der Waals surface area (Å²) >= 11 is 0. The van der Waals surface area contributed by atoms with Gasteiger partial charge in [-0.1, -0.05) is 32.1 Å². The molecule has 1 amide bonds. The van der Waals surface area contributed by atoms with Crippen LogP contribution >= 0.6 is 0 Å². The summed E-state index contributed by atoms with van der Waals surface area (Å²) in [4.78, 5) is 15.0. The van der Waals surface area contributed by atoms with Gasteiger partial charge in [0.1, 0.15) is 0 Å². The molecule has 1 saturated heterocycles. The van der Waals surface area contributed by atoms with Crippen molar-refractivity contribution in [3.63, 3.8) is 0 Å². The molecule has 1 N–H and O–H groups in total. The van der Waals surface area contributed by atoms with Crippen LogP contribution in [0, 0.1) is 5.92 Å². The van der Waals surface area contributed by atoms with E-state index in [-0.39, 0.29) is 0 Å². The number of carbonyl (C=O) groups is 1. The molecule has 2 aliphatic carbocycles. The predicted octanol–water partition coefficient (Wildman–Crippen LogP) is 3.48. The number of hydrogen-bond donors (Lipinski definition) is 1. The molecule has 1 atom stereocenters. The van der Waals surface area contributed by atoms with E-state index in [2.05, 4.69) is 10.2 Å². The van der Waals surface area contributed by atoms with Crippen molar-refractivity contribution in [2.24, 2.45) is 5.92 Å². The van der Waals surface area contributed by atoms with Gasteiger partial charge in [-0.25, -0.2) is 0 Å². The summed E-state index contributed by atoms with van der Waals surface area (Å²) in [5.74, 6) is 1.12. The third-order valence-corrected chi connectivity index (χ3v) is 5.58. The fraction of sp³-hybridized carbons (Fsp3) is 0.944. The Morgan fingerprint density at radius 1 is 0.905 bits per heavy atom. The third-order valence-electron chi connectivity index (χ3n) is 5.58. The van der Waals surface area contributed by atoms with Gasteiger partial charge >= 0.3 is 0 Å². The van der Waals surface area contributed by atoms with E-state index in [1.165, 1.54) is 70.6 Å². The average Bonchev–Trinajstić information content (AvgIpc) is 3.33. The minimum absolute atomic E-state index is 0.455. The number of hydrogen-bond acceptors (Lipinski definition) is 2. The lowest BCUT2D eigenvalue weighted by atomic mass is 9.95. The molecule has 1 unspecified atom stereocenters. The topological polar surface area (TPSA) is 32.3 Å². The van der Waals surface area contributed by atoms with Crippen molar-refractivity contribution in [2.75, 3.05) is 13.1 Å². The first-order valence-corrected chi connectivity index (χ1v) is 9.36. The van der Waals surface area contributed by atoms with Gasteiger partial charge in [0.25, 0.3) is 0 Å². The second kappa shape index (κ2) is 7.62. The van der Waals surface area contributed by atoms with E-state index >= 15 is 0 Å². The molecule has 0 spiro atoms. The molecule has 3 fully saturated rings. The van der Waals surface area contributed by atoms with Crippen molar-refractivity contribution in [1.82, 2.24) is 10.2 Å². The fourth-order valence-corrected chi connectivity index (χ4v) is 4.09. The number of nitrogens with zero attached hydrogens (tertiary/aromatic N) is 1. The Morgan fingerprint density at radius 3 is 2.24 bits per heavy atom. The molecule has 1 heterocycles. The maximum Gasteiger partial charge on any atom is 0.223 e. The number of piperidine rings is 1. The number of rotatable bonds is 5. The van der Waals surface area contributed by atoms with Crippen LogP contribution in [-0.4, -0.2) is 36.0 Å². The van der Waals surface area contributed by atoms with Gasteiger partial charge in [0, 0.05) is 25.0 Å². The molecule has 0 aromatic rings. The number of amides is 1. The molecule has 3 heteroatoms. The molecule has 0 bridgehead atoms. The Balaban J connectivity index is 1.51. The SMILES string of the molecule is O=C(CC1CCCCCC1)N(CC1CCCCN1)C1CC1. The zero-order valence-corrected chi connectivity index (χ0v) is 13.5. The van der Waals surface area contributed by atoms with Crippen LogP contribution in [0.1, 0.15) is 77.0 Å². The second-order valence-corrected chi connectivity index (χ2v) is 7.49. The molecule has 3 aliphatic rings. The summed E-state index contributed by atoms with van der Waals surface area (Å²) in [5.41, 5.74) is 0. The molecule has 0 aromatic carbocycles. The van der Waals surface area contributed by atoms with Gasteiger partial charge in [-0.05, 0) is 51.0 Å². The highest BCUT2D eigenvalue weighted by Gasteiger charge is 2.34. The van der Waals surface area contributed by atoms with Gasteiger partial charge in [0.2, 0.25) is 5.91 Å². The molecule has 0 aromatic heterocycles. The summed E-state index contributed by atoms with van der Waals surface area (Å²) in [5, 5.41) is 3.61. The first kappa shape index (κ1) is 15.3. The van der Waals surface area contributed by atoms with Crippen molar-refractivity contribution >= 4 is 5.91 Å². The zero-order valence-electron chi connectivity index (χ0n) is 13.5. The number of carbonyl (C=O) groups excluding carboxylic acids is 1. The standard InChI is InChI=1S/C18H32N2O/c21-18(13-15-7-3-1-2-4-8-15)20(17-10-11-17)14-16-9-5-6-12-19-16/h15-17,19H,1-14H2. The van der Waals surface area contributed by atoms with Crippen LogP contribution in [0.2, 0.25) is 0 Å². The Kier molecular flexibility index (Phi) is 5.56. The molecular weight excluding hydrogens is 260 g/mol. The largest absolute Gasteiger partial charge is 0.338 e. The maximum absolute atomic E-state index is 12.8. The van der Waals surface area contributed by atoms with Crippen LogP contribution in [-0.2, 0) is 4.79 Å². The van der Waals surface area contributed by atoms with Crippen LogP contribution in [0.15, 0.2) is 0 Å². The Morgan fingerprint density at radius 2 is 1.62 bits per heavy atom. The van der Waals surface area contributed by atoms with Crippen LogP contribution in [0.5, 0.6) is 0 Å². The van der Waals surface area contributed by atoms with Gasteiger partial charge in [0.05, 0.1) is 0 Å². The Bertz CT molecular complexity index is 326. The monoisotopic (exact) mass is 292 g/mol. The molecule has 2 saturated carbocycles. The first-order valence-electron chi connectivity index (χ1n) is 9.36. The summed E-state index contributed by atoms with van der Waals surface area (Å²) < 4.78 is 0. The summed E-state index contributed by atoms with van der Waals surface area (Å²) in [6.07, 6.45) is 15.2. The van der Waals surface area contributed by atoms with Crippen LogP contribution in [0.3, 0.4) is 0 Å². The Hall–Kier alpha value is -0.570. The van der Waals surface area contributed by atoms with Crippen molar-refractivity contribution in [2.45, 2.75) is 89.1 Å². The zero-order chi connectivity index (χ0) is 14.5. The normalized spacial score (nSPS) is 28.1. The first-order chi connectivity index (χ1) is 10.3. The molecule has 21 heavy (non-hydrogen) atoms. The highest BCUT2D eigenvalue weighted by Crippen LogP contribution is 2.31. The van der Waals surface area contributed by atoms with E-state index < -0.39 is 0 Å². The summed E-state index contributed by atoms with van der Waals surface area (Å²) in [6.45, 7) is 2.11. The lowest BCUT2D eigenvalue weighted by Crippen LogP contribution is -2.47. The van der Waals surface area contributed by atoms with E-state index in [0.29, 0.717) is 23.9 Å². The summed E-state index contributed by atoms with van der Waals surface area (Å²) in [7, 11) is 0. The molecule has 0 radical (unpaired) electrons. The third kappa shape index (κ3) is 4.70. The highest BCUT2D eigenvalue weighted by molar-refractivity contribution is 5.77. The molecule has 3 rings (SSSR count). The number of nitrogens with one attached hydrogen (secondary N) is 1. The predicted molar refractivity (Wildman–Crippen MR) is 86.2 cm³/mol. The highest BCUT2D eigenvalue weighted by atomic mass is 16.2. The van der Waals surface area contributed by atoms with E-state index in [9.17, 15) is 4.79 Å². The van der Waals surface area contributed by atoms with E-state index in [4.69, 9.17) is 0 Å². The maximum atomic E-state index is 12.8. The van der Waals surface area contributed by atoms with Gasteiger partial charge in [-0.3, -0.25) is 4.79 Å². The van der Waals surface area contributed by atoms with Crippen molar-refractivity contribution < 1.29 is 4.79 Å². The van der Waals surface area contributed by atoms with Gasteiger partial charge in [-0.15, -0.1) is 0 Å². The van der Waals surface area contributed by atoms with Crippen molar-refractivity contribution in [3.05, 3.63) is 0 Å². The van der Waals surface area contributed by atoms with Crippen LogP contribution in [0.4, 0.5) is 0 Å². The summed E-state index contributed by atoms with van der Waals surface area (Å²) in [6, 6.07) is 1.13. The molecule has 3 nitrogen and oxygen atoms in total. The van der Waals surface area contributed by atoms with Gasteiger partial charge in [0.15, 0.2) is 0 Å². The minimum Gasteiger partial charge on any atom is -0.338 e. The average molecular weight is 292 g/mol. The van der Waals surface area contributed by atoms with Crippen LogP contribution < -0.4 is 5.32 Å². The van der Waals surface area contributed by atoms with Gasteiger partial charge < -0.3 is 10.2 Å². The Labute approximate surface area is 129 Å². The second-order valence-electron chi connectivity index (χ2n) is 7.49. The lowest BCUT2D eigenvalue weighted by molar-refractivity contribution is -0.133. The van der Waals surface area contributed by atoms with E-state index in [1.54, 1.807) is 0 Å². The quantitative estimate of drug-likeness (QED) is 0.787. The van der Waals surface area contributed by atoms with Gasteiger partial charge in [-0.2, -0.15) is 0 Å². The molecule has 120 valence electrons. The minimum atomic E-state index is 0.455. The molecule has 1 aliphatic heterocycles. The van der Waals surface area contributed by atoms with Crippen molar-refractivity contribution in [3.8, 4) is 0 Å². The van der Waals surface area contributed by atoms with E-state index in [0.717, 1.165) is 19.5 Å².